The SMILES string of the molecule is CCCOC(=O)CCCSc1ccccc1. The van der Waals surface area contributed by atoms with Gasteiger partial charge in [-0.25, -0.2) is 0 Å². The molecule has 1 aromatic rings. The van der Waals surface area contributed by atoms with Crippen molar-refractivity contribution in [3.63, 3.8) is 0 Å². The van der Waals surface area contributed by atoms with Crippen molar-refractivity contribution in [1.82, 2.24) is 0 Å². The van der Waals surface area contributed by atoms with Gasteiger partial charge in [-0.1, -0.05) is 25.1 Å². The summed E-state index contributed by atoms with van der Waals surface area (Å²) in [5, 5.41) is 0. The van der Waals surface area contributed by atoms with Crippen molar-refractivity contribution < 1.29 is 9.53 Å². The third kappa shape index (κ3) is 5.81. The van der Waals surface area contributed by atoms with Gasteiger partial charge in [0.15, 0.2) is 0 Å². The molecule has 0 spiro atoms. The second kappa shape index (κ2) is 8.22. The molecule has 0 saturated carbocycles. The van der Waals surface area contributed by atoms with Crippen LogP contribution in [0.25, 0.3) is 0 Å². The molecule has 0 aliphatic heterocycles. The predicted molar refractivity (Wildman–Crippen MR) is 67.7 cm³/mol. The van der Waals surface area contributed by atoms with E-state index in [1.807, 2.05) is 25.1 Å². The molecule has 0 aliphatic carbocycles. The third-order valence-electron chi connectivity index (χ3n) is 2.00. The number of carbonyl (C=O) groups is 1. The van der Waals surface area contributed by atoms with Crippen LogP contribution in [0.2, 0.25) is 0 Å². The van der Waals surface area contributed by atoms with Gasteiger partial charge in [-0.15, -0.1) is 11.8 Å². The monoisotopic (exact) mass is 238 g/mol. The van der Waals surface area contributed by atoms with Crippen LogP contribution in [-0.2, 0) is 9.53 Å². The predicted octanol–water partition coefficient (Wildman–Crippen LogP) is 3.51. The van der Waals surface area contributed by atoms with E-state index in [2.05, 4.69) is 12.1 Å². The van der Waals surface area contributed by atoms with Gasteiger partial charge in [0, 0.05) is 11.3 Å². The van der Waals surface area contributed by atoms with E-state index in [1.165, 1.54) is 4.90 Å². The van der Waals surface area contributed by atoms with Gasteiger partial charge in [0.25, 0.3) is 0 Å². The summed E-state index contributed by atoms with van der Waals surface area (Å²) in [6, 6.07) is 10.2. The highest BCUT2D eigenvalue weighted by Crippen LogP contribution is 2.18. The molecule has 2 nitrogen and oxygen atoms in total. The number of esters is 1. The van der Waals surface area contributed by atoms with Crippen molar-refractivity contribution in [2.24, 2.45) is 0 Å². The van der Waals surface area contributed by atoms with E-state index < -0.39 is 0 Å². The molecule has 0 unspecified atom stereocenters. The Morgan fingerprint density at radius 3 is 2.75 bits per heavy atom. The molecule has 1 aromatic carbocycles. The average Bonchev–Trinajstić information content (AvgIpc) is 2.33. The van der Waals surface area contributed by atoms with Gasteiger partial charge in [-0.2, -0.15) is 0 Å². The zero-order chi connectivity index (χ0) is 11.6. The van der Waals surface area contributed by atoms with Gasteiger partial charge in [0.1, 0.15) is 0 Å². The Hall–Kier alpha value is -0.960. The van der Waals surface area contributed by atoms with Crippen molar-refractivity contribution in [2.75, 3.05) is 12.4 Å². The van der Waals surface area contributed by atoms with Crippen molar-refractivity contribution >= 4 is 17.7 Å². The Balaban J connectivity index is 2.06. The number of hydrogen-bond acceptors (Lipinski definition) is 3. The summed E-state index contributed by atoms with van der Waals surface area (Å²) in [5.74, 6) is 0.890. The molecule has 1 rings (SSSR count). The van der Waals surface area contributed by atoms with Crippen LogP contribution >= 0.6 is 11.8 Å². The summed E-state index contributed by atoms with van der Waals surface area (Å²) < 4.78 is 5.00. The van der Waals surface area contributed by atoms with E-state index >= 15 is 0 Å². The zero-order valence-electron chi connectivity index (χ0n) is 9.65. The van der Waals surface area contributed by atoms with Crippen LogP contribution in [0.3, 0.4) is 0 Å². The van der Waals surface area contributed by atoms with Crippen LogP contribution < -0.4 is 0 Å². The maximum Gasteiger partial charge on any atom is 0.305 e. The maximum absolute atomic E-state index is 11.2. The van der Waals surface area contributed by atoms with Crippen molar-refractivity contribution in [2.45, 2.75) is 31.1 Å². The first-order chi connectivity index (χ1) is 7.83. The smallest absolute Gasteiger partial charge is 0.305 e. The van der Waals surface area contributed by atoms with E-state index in [0.717, 1.165) is 18.6 Å². The van der Waals surface area contributed by atoms with Crippen molar-refractivity contribution in [3.8, 4) is 0 Å². The molecular weight excluding hydrogens is 220 g/mol. The Bertz CT molecular complexity index is 298. The number of carbonyl (C=O) groups excluding carboxylic acids is 1. The van der Waals surface area contributed by atoms with E-state index in [1.54, 1.807) is 11.8 Å². The molecule has 0 aromatic heterocycles. The minimum absolute atomic E-state index is 0.0736. The first kappa shape index (κ1) is 13.1. The summed E-state index contributed by atoms with van der Waals surface area (Å²) in [5.41, 5.74) is 0. The second-order valence-corrected chi connectivity index (χ2v) is 4.65. The lowest BCUT2D eigenvalue weighted by Crippen LogP contribution is -2.05. The molecule has 88 valence electrons. The minimum atomic E-state index is -0.0736. The molecule has 0 fully saturated rings. The molecule has 0 radical (unpaired) electrons. The fraction of sp³-hybridized carbons (Fsp3) is 0.462. The fourth-order valence-electron chi connectivity index (χ4n) is 1.21. The second-order valence-electron chi connectivity index (χ2n) is 3.49. The van der Waals surface area contributed by atoms with E-state index in [0.29, 0.717) is 13.0 Å². The van der Waals surface area contributed by atoms with E-state index in [-0.39, 0.29) is 5.97 Å². The summed E-state index contributed by atoms with van der Waals surface area (Å²) in [7, 11) is 0. The Morgan fingerprint density at radius 2 is 2.06 bits per heavy atom. The molecule has 0 aliphatic rings. The summed E-state index contributed by atoms with van der Waals surface area (Å²) in [4.78, 5) is 12.4. The van der Waals surface area contributed by atoms with Crippen LogP contribution in [0, 0.1) is 0 Å². The number of rotatable bonds is 7. The highest BCUT2D eigenvalue weighted by molar-refractivity contribution is 7.99. The lowest BCUT2D eigenvalue weighted by Gasteiger charge is -2.03. The summed E-state index contributed by atoms with van der Waals surface area (Å²) >= 11 is 1.78. The molecule has 0 saturated heterocycles. The quantitative estimate of drug-likeness (QED) is 0.413. The van der Waals surface area contributed by atoms with Crippen LogP contribution in [0.4, 0.5) is 0 Å². The van der Waals surface area contributed by atoms with Gasteiger partial charge in [0.2, 0.25) is 0 Å². The maximum atomic E-state index is 11.2. The molecule has 0 heterocycles. The third-order valence-corrected chi connectivity index (χ3v) is 3.10. The van der Waals surface area contributed by atoms with Gasteiger partial charge in [-0.3, -0.25) is 4.79 Å². The lowest BCUT2D eigenvalue weighted by atomic mass is 10.3. The number of ether oxygens (including phenoxy) is 1. The summed E-state index contributed by atoms with van der Waals surface area (Å²) in [6.45, 7) is 2.54. The summed E-state index contributed by atoms with van der Waals surface area (Å²) in [6.07, 6.45) is 2.30. The van der Waals surface area contributed by atoms with Crippen LogP contribution in [0.15, 0.2) is 35.2 Å². The first-order valence-electron chi connectivity index (χ1n) is 5.66. The normalized spacial score (nSPS) is 10.1. The van der Waals surface area contributed by atoms with Crippen molar-refractivity contribution in [1.29, 1.82) is 0 Å². The first-order valence-corrected chi connectivity index (χ1v) is 6.65. The molecule has 0 N–H and O–H groups in total. The molecule has 0 amide bonds. The molecule has 3 heteroatoms. The van der Waals surface area contributed by atoms with Crippen LogP contribution in [-0.4, -0.2) is 18.3 Å². The lowest BCUT2D eigenvalue weighted by molar-refractivity contribution is -0.143. The Labute approximate surface area is 101 Å². The van der Waals surface area contributed by atoms with E-state index in [9.17, 15) is 4.79 Å². The molecule has 16 heavy (non-hydrogen) atoms. The number of thioether (sulfide) groups is 1. The van der Waals surface area contributed by atoms with E-state index in [4.69, 9.17) is 4.74 Å². The van der Waals surface area contributed by atoms with Gasteiger partial charge >= 0.3 is 5.97 Å². The van der Waals surface area contributed by atoms with Gasteiger partial charge < -0.3 is 4.74 Å². The minimum Gasteiger partial charge on any atom is -0.466 e. The number of benzene rings is 1. The van der Waals surface area contributed by atoms with Crippen molar-refractivity contribution in [3.05, 3.63) is 30.3 Å². The Kier molecular flexibility index (Phi) is 6.74. The Morgan fingerprint density at radius 1 is 1.31 bits per heavy atom. The van der Waals surface area contributed by atoms with Gasteiger partial charge in [0.05, 0.1) is 6.61 Å². The molecule has 0 atom stereocenters. The number of hydrogen-bond donors (Lipinski definition) is 0. The molecule has 0 bridgehead atoms. The standard InChI is InChI=1S/C13H18O2S/c1-2-10-15-13(14)9-6-11-16-12-7-4-3-5-8-12/h3-5,7-8H,2,6,9-11H2,1H3. The fourth-order valence-corrected chi connectivity index (χ4v) is 2.09. The van der Waals surface area contributed by atoms with Crippen LogP contribution in [0.5, 0.6) is 0 Å². The van der Waals surface area contributed by atoms with Gasteiger partial charge in [-0.05, 0) is 30.7 Å². The largest absolute Gasteiger partial charge is 0.466 e. The average molecular weight is 238 g/mol. The zero-order valence-corrected chi connectivity index (χ0v) is 10.5. The highest BCUT2D eigenvalue weighted by Gasteiger charge is 2.01. The highest BCUT2D eigenvalue weighted by atomic mass is 32.2. The topological polar surface area (TPSA) is 26.3 Å². The van der Waals surface area contributed by atoms with Crippen LogP contribution in [0.1, 0.15) is 26.2 Å². The molecular formula is C13H18O2S.